The summed E-state index contributed by atoms with van der Waals surface area (Å²) < 4.78 is 16.6. The molecule has 0 saturated heterocycles. The Balaban J connectivity index is 2.13. The molecule has 4 heteroatoms. The van der Waals surface area contributed by atoms with Gasteiger partial charge in [-0.25, -0.2) is 4.39 Å². The summed E-state index contributed by atoms with van der Waals surface area (Å²) in [4.78, 5) is 0. The standard InChI is InChI=1S/C16H10BrFN2/c17-13-5-6-16-14(7-13)12(8-19)10-20(16)9-11-3-1-2-4-15(11)18/h1-7,10H,9H2. The molecule has 0 N–H and O–H groups in total. The summed E-state index contributed by atoms with van der Waals surface area (Å²) >= 11 is 3.40. The number of benzene rings is 2. The van der Waals surface area contributed by atoms with E-state index in [0.717, 1.165) is 15.4 Å². The van der Waals surface area contributed by atoms with Crippen molar-refractivity contribution in [2.45, 2.75) is 6.54 Å². The average molecular weight is 329 g/mol. The second-order valence-corrected chi connectivity index (χ2v) is 5.45. The predicted octanol–water partition coefficient (Wildman–Crippen LogP) is 4.46. The van der Waals surface area contributed by atoms with E-state index in [-0.39, 0.29) is 5.82 Å². The average Bonchev–Trinajstić information content (AvgIpc) is 2.78. The van der Waals surface area contributed by atoms with Gasteiger partial charge < -0.3 is 4.57 Å². The van der Waals surface area contributed by atoms with Gasteiger partial charge in [0.15, 0.2) is 0 Å². The van der Waals surface area contributed by atoms with E-state index in [1.54, 1.807) is 18.3 Å². The van der Waals surface area contributed by atoms with Crippen LogP contribution in [0, 0.1) is 17.1 Å². The number of nitrogens with zero attached hydrogens (tertiary/aromatic N) is 2. The highest BCUT2D eigenvalue weighted by molar-refractivity contribution is 9.10. The second-order valence-electron chi connectivity index (χ2n) is 4.54. The molecule has 1 aromatic heterocycles. The maximum Gasteiger partial charge on any atom is 0.128 e. The van der Waals surface area contributed by atoms with Gasteiger partial charge >= 0.3 is 0 Å². The maximum absolute atomic E-state index is 13.7. The van der Waals surface area contributed by atoms with Crippen LogP contribution in [0.4, 0.5) is 4.39 Å². The lowest BCUT2D eigenvalue weighted by Gasteiger charge is -2.06. The zero-order valence-corrected chi connectivity index (χ0v) is 12.1. The SMILES string of the molecule is N#Cc1cn(Cc2ccccc2F)c2ccc(Br)cc12. The molecule has 0 fully saturated rings. The van der Waals surface area contributed by atoms with E-state index >= 15 is 0 Å². The van der Waals surface area contributed by atoms with Crippen molar-refractivity contribution in [2.24, 2.45) is 0 Å². The molecule has 98 valence electrons. The first-order valence-corrected chi connectivity index (χ1v) is 6.90. The Morgan fingerprint density at radius 2 is 2.00 bits per heavy atom. The summed E-state index contributed by atoms with van der Waals surface area (Å²) in [6, 6.07) is 14.6. The molecule has 0 bridgehead atoms. The lowest BCUT2D eigenvalue weighted by Crippen LogP contribution is -2.00. The highest BCUT2D eigenvalue weighted by Gasteiger charge is 2.10. The fourth-order valence-corrected chi connectivity index (χ4v) is 2.66. The van der Waals surface area contributed by atoms with Crippen molar-refractivity contribution in [1.29, 1.82) is 5.26 Å². The van der Waals surface area contributed by atoms with Gasteiger partial charge in [0, 0.05) is 27.1 Å². The van der Waals surface area contributed by atoms with Crippen molar-refractivity contribution >= 4 is 26.8 Å². The Hall–Kier alpha value is -2.12. The third kappa shape index (κ3) is 2.21. The second kappa shape index (κ2) is 5.10. The molecule has 1 heterocycles. The lowest BCUT2D eigenvalue weighted by atomic mass is 10.2. The molecule has 3 aromatic rings. The monoisotopic (exact) mass is 328 g/mol. The topological polar surface area (TPSA) is 28.7 Å². The van der Waals surface area contributed by atoms with Crippen LogP contribution in [0.3, 0.4) is 0 Å². The summed E-state index contributed by atoms with van der Waals surface area (Å²) in [7, 11) is 0. The van der Waals surface area contributed by atoms with Crippen LogP contribution in [0.15, 0.2) is 53.1 Å². The molecule has 0 saturated carbocycles. The van der Waals surface area contributed by atoms with Crippen LogP contribution in [-0.4, -0.2) is 4.57 Å². The van der Waals surface area contributed by atoms with Crippen LogP contribution in [0.25, 0.3) is 10.9 Å². The zero-order valence-electron chi connectivity index (χ0n) is 10.5. The van der Waals surface area contributed by atoms with Gasteiger partial charge in [0.25, 0.3) is 0 Å². The van der Waals surface area contributed by atoms with Crippen LogP contribution >= 0.6 is 15.9 Å². The van der Waals surface area contributed by atoms with Gasteiger partial charge in [-0.2, -0.15) is 5.26 Å². The van der Waals surface area contributed by atoms with E-state index in [1.165, 1.54) is 6.07 Å². The third-order valence-corrected chi connectivity index (χ3v) is 3.76. The fourth-order valence-electron chi connectivity index (χ4n) is 2.30. The number of aromatic nitrogens is 1. The minimum atomic E-state index is -0.232. The van der Waals surface area contributed by atoms with E-state index in [4.69, 9.17) is 0 Å². The largest absolute Gasteiger partial charge is 0.342 e. The summed E-state index contributed by atoms with van der Waals surface area (Å²) in [6.45, 7) is 0.409. The molecule has 2 aromatic carbocycles. The predicted molar refractivity (Wildman–Crippen MR) is 79.9 cm³/mol. The summed E-state index contributed by atoms with van der Waals surface area (Å²) in [5, 5.41) is 10.1. The Labute approximate surface area is 124 Å². The van der Waals surface area contributed by atoms with E-state index in [0.29, 0.717) is 17.7 Å². The maximum atomic E-state index is 13.7. The molecular weight excluding hydrogens is 319 g/mol. The normalized spacial score (nSPS) is 10.7. The summed E-state index contributed by atoms with van der Waals surface area (Å²) in [5.41, 5.74) is 2.13. The smallest absolute Gasteiger partial charge is 0.128 e. The van der Waals surface area contributed by atoms with Gasteiger partial charge in [-0.1, -0.05) is 34.1 Å². The molecule has 20 heavy (non-hydrogen) atoms. The highest BCUT2D eigenvalue weighted by atomic mass is 79.9. The van der Waals surface area contributed by atoms with Gasteiger partial charge in [-0.05, 0) is 24.3 Å². The Morgan fingerprint density at radius 3 is 2.75 bits per heavy atom. The summed E-state index contributed by atoms with van der Waals surface area (Å²) in [5.74, 6) is -0.232. The molecule has 3 rings (SSSR count). The molecule has 0 spiro atoms. The van der Waals surface area contributed by atoms with Crippen LogP contribution < -0.4 is 0 Å². The number of halogens is 2. The fraction of sp³-hybridized carbons (Fsp3) is 0.0625. The van der Waals surface area contributed by atoms with Crippen LogP contribution in [0.5, 0.6) is 0 Å². The first-order chi connectivity index (χ1) is 9.69. The van der Waals surface area contributed by atoms with Gasteiger partial charge in [0.2, 0.25) is 0 Å². The number of hydrogen-bond donors (Lipinski definition) is 0. The van der Waals surface area contributed by atoms with Gasteiger partial charge in [-0.3, -0.25) is 0 Å². The van der Waals surface area contributed by atoms with Crippen molar-refractivity contribution in [3.05, 3.63) is 70.1 Å². The third-order valence-electron chi connectivity index (χ3n) is 3.26. The van der Waals surface area contributed by atoms with Crippen molar-refractivity contribution in [3.8, 4) is 6.07 Å². The van der Waals surface area contributed by atoms with Gasteiger partial charge in [0.1, 0.15) is 11.9 Å². The van der Waals surface area contributed by atoms with Crippen molar-refractivity contribution in [3.63, 3.8) is 0 Å². The molecule has 0 aliphatic carbocycles. The molecule has 0 amide bonds. The van der Waals surface area contributed by atoms with E-state index in [1.807, 2.05) is 28.8 Å². The molecule has 0 atom stereocenters. The zero-order chi connectivity index (χ0) is 14.1. The lowest BCUT2D eigenvalue weighted by molar-refractivity contribution is 0.602. The molecule has 0 aliphatic rings. The van der Waals surface area contributed by atoms with E-state index in [9.17, 15) is 9.65 Å². The molecular formula is C16H10BrFN2. The van der Waals surface area contributed by atoms with Crippen LogP contribution in [0.1, 0.15) is 11.1 Å². The van der Waals surface area contributed by atoms with Crippen molar-refractivity contribution in [2.75, 3.05) is 0 Å². The minimum absolute atomic E-state index is 0.232. The quantitative estimate of drug-likeness (QED) is 0.682. The van der Waals surface area contributed by atoms with Crippen molar-refractivity contribution in [1.82, 2.24) is 4.57 Å². The number of fused-ring (bicyclic) bond motifs is 1. The van der Waals surface area contributed by atoms with Gasteiger partial charge in [0.05, 0.1) is 12.1 Å². The Morgan fingerprint density at radius 1 is 1.20 bits per heavy atom. The molecule has 0 radical (unpaired) electrons. The summed E-state index contributed by atoms with van der Waals surface area (Å²) in [6.07, 6.45) is 1.77. The van der Waals surface area contributed by atoms with E-state index < -0.39 is 0 Å². The Kier molecular flexibility index (Phi) is 3.29. The van der Waals surface area contributed by atoms with Crippen LogP contribution in [-0.2, 0) is 6.54 Å². The van der Waals surface area contributed by atoms with Crippen LogP contribution in [0.2, 0.25) is 0 Å². The minimum Gasteiger partial charge on any atom is -0.342 e. The van der Waals surface area contributed by atoms with Gasteiger partial charge in [-0.15, -0.1) is 0 Å². The first kappa shape index (κ1) is 12.9. The number of nitriles is 1. The Bertz CT molecular complexity index is 830. The number of hydrogen-bond acceptors (Lipinski definition) is 1. The molecule has 0 aliphatic heterocycles. The first-order valence-electron chi connectivity index (χ1n) is 6.11. The highest BCUT2D eigenvalue weighted by Crippen LogP contribution is 2.25. The van der Waals surface area contributed by atoms with Crippen molar-refractivity contribution < 1.29 is 4.39 Å². The molecule has 0 unspecified atom stereocenters. The molecule has 2 nitrogen and oxygen atoms in total. The number of rotatable bonds is 2. The van der Waals surface area contributed by atoms with E-state index in [2.05, 4.69) is 22.0 Å².